The first kappa shape index (κ1) is 25.3. The quantitative estimate of drug-likeness (QED) is 0.504. The Hall–Kier alpha value is -1.40. The average Bonchev–Trinajstić information content (AvgIpc) is 3.17. The molecule has 1 spiro atoms. The molecule has 0 aromatic rings. The fraction of sp³-hybridized carbons (Fsp3) is 0.724. The van der Waals surface area contributed by atoms with Gasteiger partial charge in [0.15, 0.2) is 17.1 Å². The fourth-order valence-corrected chi connectivity index (χ4v) is 9.57. The lowest BCUT2D eigenvalue weighted by atomic mass is 9.44. The minimum Gasteiger partial charge on any atom is -0.481 e. The molecule has 4 aliphatic carbocycles. The summed E-state index contributed by atoms with van der Waals surface area (Å²) in [7, 11) is 0. The molecule has 4 nitrogen and oxygen atoms in total. The predicted molar refractivity (Wildman–Crippen MR) is 136 cm³/mol. The maximum absolute atomic E-state index is 17.4. The first-order chi connectivity index (χ1) is 16.4. The molecule has 1 N–H and O–H groups in total. The van der Waals surface area contributed by atoms with E-state index in [4.69, 9.17) is 4.74 Å². The summed E-state index contributed by atoms with van der Waals surface area (Å²) in [4.78, 5) is 27.1. The first-order valence-electron chi connectivity index (χ1n) is 13.3. The molecule has 1 aliphatic heterocycles. The molecule has 5 rings (SSSR count). The molecule has 5 aliphatic rings. The number of fused-ring (bicyclic) bond motifs is 6. The van der Waals surface area contributed by atoms with Crippen LogP contribution in [-0.4, -0.2) is 39.3 Å². The smallest absolute Gasteiger partial charge is 0.216 e. The number of hydrogen-bond acceptors (Lipinski definition) is 5. The summed E-state index contributed by atoms with van der Waals surface area (Å²) in [6.07, 6.45) is 7.10. The highest BCUT2D eigenvalue weighted by atomic mass is 32.2. The number of ether oxygens (including phenoxy) is 1. The Labute approximate surface area is 212 Å². The maximum Gasteiger partial charge on any atom is 0.216 e. The SMILES string of the molecule is CCCC1=C(SC(C)C)C(=O)C2(O1)[C@@H](C)C[C@H]1[C@@H]3CCC4=CC(=O)C=C[C@]4(C)[C@@]3(F)[C@@H](O)C[C@@]12C. The van der Waals surface area contributed by atoms with Crippen LogP contribution in [0, 0.1) is 28.6 Å². The monoisotopic (exact) mass is 502 g/mol. The van der Waals surface area contributed by atoms with Crippen LogP contribution in [0.2, 0.25) is 0 Å². The largest absolute Gasteiger partial charge is 0.481 e. The number of thioether (sulfide) groups is 1. The molecule has 1 unspecified atom stereocenters. The van der Waals surface area contributed by atoms with E-state index in [0.29, 0.717) is 25.7 Å². The predicted octanol–water partition coefficient (Wildman–Crippen LogP) is 6.09. The van der Waals surface area contributed by atoms with Crippen molar-refractivity contribution in [2.75, 3.05) is 0 Å². The van der Waals surface area contributed by atoms with Gasteiger partial charge in [0.1, 0.15) is 5.76 Å². The number of carbonyl (C=O) groups excluding carboxylic acids is 2. The topological polar surface area (TPSA) is 63.6 Å². The molecule has 0 bridgehead atoms. The van der Waals surface area contributed by atoms with Gasteiger partial charge in [0.2, 0.25) is 5.78 Å². The number of aliphatic hydroxyl groups excluding tert-OH is 1. The molecule has 0 aromatic carbocycles. The highest BCUT2D eigenvalue weighted by Gasteiger charge is 2.78. The molecule has 8 atom stereocenters. The average molecular weight is 503 g/mol. The van der Waals surface area contributed by atoms with Crippen LogP contribution in [0.5, 0.6) is 0 Å². The second-order valence-corrected chi connectivity index (χ2v) is 13.8. The van der Waals surface area contributed by atoms with Crippen LogP contribution in [-0.2, 0) is 14.3 Å². The summed E-state index contributed by atoms with van der Waals surface area (Å²) in [6.45, 7) is 12.2. The zero-order valence-electron chi connectivity index (χ0n) is 21.8. The fourth-order valence-electron chi connectivity index (χ4n) is 8.56. The Morgan fingerprint density at radius 2 is 1.97 bits per heavy atom. The van der Waals surface area contributed by atoms with E-state index < -0.39 is 34.1 Å². The lowest BCUT2D eigenvalue weighted by molar-refractivity contribution is -0.218. The third-order valence-electron chi connectivity index (χ3n) is 10.1. The van der Waals surface area contributed by atoms with Crippen molar-refractivity contribution in [1.82, 2.24) is 0 Å². The molecular weight excluding hydrogens is 463 g/mol. The standard InChI is InChI=1S/C29H39FO4S/c1-7-8-22-24(35-16(2)3)25(33)29(34-22)17(4)13-21-20-10-9-18-14-19(31)11-12-26(18,5)28(20,30)23(32)15-27(21,29)6/h11-12,14,16-17,20-21,23,32H,7-10,13,15H2,1-6H3/t17-,20-,21-,23-,26-,27-,28-,29?/m0/s1. The zero-order chi connectivity index (χ0) is 25.6. The number of carbonyl (C=O) groups is 2. The van der Waals surface area contributed by atoms with Crippen LogP contribution in [0.15, 0.2) is 34.5 Å². The number of hydrogen-bond donors (Lipinski definition) is 1. The second kappa shape index (κ2) is 8.05. The Morgan fingerprint density at radius 3 is 2.63 bits per heavy atom. The number of Topliss-reactive ketones (excluding diaryl/α,β-unsaturated/α-hetero) is 1. The number of rotatable bonds is 4. The summed E-state index contributed by atoms with van der Waals surface area (Å²) in [6, 6.07) is 0. The molecular formula is C29H39FO4S. The van der Waals surface area contributed by atoms with Crippen molar-refractivity contribution in [2.45, 2.75) is 103 Å². The van der Waals surface area contributed by atoms with Gasteiger partial charge >= 0.3 is 0 Å². The lowest BCUT2D eigenvalue weighted by Gasteiger charge is -2.62. The van der Waals surface area contributed by atoms with E-state index in [-0.39, 0.29) is 35.1 Å². The normalized spacial score (nSPS) is 46.6. The van der Waals surface area contributed by atoms with Gasteiger partial charge in [-0.2, -0.15) is 0 Å². The molecule has 192 valence electrons. The molecule has 3 fully saturated rings. The van der Waals surface area contributed by atoms with E-state index in [0.717, 1.165) is 22.7 Å². The second-order valence-electron chi connectivity index (χ2n) is 12.2. The first-order valence-corrected chi connectivity index (χ1v) is 14.2. The van der Waals surface area contributed by atoms with E-state index in [1.165, 1.54) is 6.08 Å². The Morgan fingerprint density at radius 1 is 1.26 bits per heavy atom. The molecule has 3 saturated carbocycles. The van der Waals surface area contributed by atoms with E-state index in [1.54, 1.807) is 23.9 Å². The molecule has 35 heavy (non-hydrogen) atoms. The van der Waals surface area contributed by atoms with Crippen molar-refractivity contribution in [3.05, 3.63) is 34.5 Å². The minimum atomic E-state index is -1.89. The van der Waals surface area contributed by atoms with Crippen molar-refractivity contribution in [2.24, 2.45) is 28.6 Å². The van der Waals surface area contributed by atoms with Gasteiger partial charge in [0.05, 0.1) is 11.0 Å². The van der Waals surface area contributed by atoms with E-state index in [9.17, 15) is 14.7 Å². The van der Waals surface area contributed by atoms with E-state index in [1.807, 2.05) is 6.92 Å². The van der Waals surface area contributed by atoms with Crippen molar-refractivity contribution in [3.8, 4) is 0 Å². The van der Waals surface area contributed by atoms with Gasteiger partial charge in [-0.3, -0.25) is 9.59 Å². The number of ketones is 2. The molecule has 0 saturated heterocycles. The van der Waals surface area contributed by atoms with Gasteiger partial charge in [0, 0.05) is 34.3 Å². The number of allylic oxidation sites excluding steroid dienone is 5. The molecule has 0 radical (unpaired) electrons. The highest BCUT2D eigenvalue weighted by Crippen LogP contribution is 2.73. The molecule has 0 aromatic heterocycles. The van der Waals surface area contributed by atoms with Crippen LogP contribution in [0.25, 0.3) is 0 Å². The van der Waals surface area contributed by atoms with E-state index >= 15 is 4.39 Å². The Bertz CT molecular complexity index is 1060. The van der Waals surface area contributed by atoms with Crippen molar-refractivity contribution in [3.63, 3.8) is 0 Å². The van der Waals surface area contributed by atoms with Gasteiger partial charge in [-0.25, -0.2) is 4.39 Å². The maximum atomic E-state index is 17.4. The molecule has 1 heterocycles. The van der Waals surface area contributed by atoms with Crippen molar-refractivity contribution in [1.29, 1.82) is 0 Å². The van der Waals surface area contributed by atoms with Crippen LogP contribution in [0.1, 0.15) is 80.1 Å². The van der Waals surface area contributed by atoms with Gasteiger partial charge in [-0.15, -0.1) is 11.8 Å². The number of alkyl halides is 1. The van der Waals surface area contributed by atoms with Crippen LogP contribution < -0.4 is 0 Å². The van der Waals surface area contributed by atoms with Gasteiger partial charge in [-0.1, -0.05) is 46.3 Å². The minimum absolute atomic E-state index is 0.0430. The van der Waals surface area contributed by atoms with Gasteiger partial charge < -0.3 is 9.84 Å². The van der Waals surface area contributed by atoms with Crippen LogP contribution in [0.3, 0.4) is 0 Å². The third-order valence-corrected chi connectivity index (χ3v) is 11.2. The number of halogens is 1. The van der Waals surface area contributed by atoms with Gasteiger partial charge in [-0.05, 0) is 57.1 Å². The van der Waals surface area contributed by atoms with Crippen LogP contribution >= 0.6 is 11.8 Å². The lowest BCUT2D eigenvalue weighted by Crippen LogP contribution is -2.69. The molecule has 6 heteroatoms. The summed E-state index contributed by atoms with van der Waals surface area (Å²) < 4.78 is 24.2. The number of aliphatic hydroxyl groups is 1. The summed E-state index contributed by atoms with van der Waals surface area (Å²) in [5, 5.41) is 11.9. The third kappa shape index (κ3) is 3.02. The Balaban J connectivity index is 1.59. The Kier molecular flexibility index (Phi) is 5.81. The van der Waals surface area contributed by atoms with Crippen molar-refractivity contribution >= 4 is 23.3 Å². The van der Waals surface area contributed by atoms with E-state index in [2.05, 4.69) is 34.6 Å². The summed E-state index contributed by atoms with van der Waals surface area (Å²) >= 11 is 1.58. The van der Waals surface area contributed by atoms with Crippen LogP contribution in [0.4, 0.5) is 4.39 Å². The van der Waals surface area contributed by atoms with Gasteiger partial charge in [0.25, 0.3) is 0 Å². The summed E-state index contributed by atoms with van der Waals surface area (Å²) in [5.41, 5.74) is -3.86. The zero-order valence-corrected chi connectivity index (χ0v) is 22.6. The molecule has 0 amide bonds. The summed E-state index contributed by atoms with van der Waals surface area (Å²) in [5.74, 6) is 0.131. The van der Waals surface area contributed by atoms with Crippen molar-refractivity contribution < 1.29 is 23.8 Å². The highest BCUT2D eigenvalue weighted by molar-refractivity contribution is 8.04.